The first-order valence-electron chi connectivity index (χ1n) is 7.11. The fraction of sp³-hybridized carbons (Fsp3) is 0.500. The number of nitrogens with two attached hydrogens (primary N) is 1. The molecule has 0 unspecified atom stereocenters. The zero-order valence-electron chi connectivity index (χ0n) is 12.6. The number of carbonyl (C=O) groups excluding carboxylic acids is 2. The Labute approximate surface area is 119 Å². The fourth-order valence-corrected chi connectivity index (χ4v) is 3.02. The molecule has 1 saturated heterocycles. The summed E-state index contributed by atoms with van der Waals surface area (Å²) in [6.45, 7) is 7.70. The van der Waals surface area contributed by atoms with Crippen molar-refractivity contribution in [2.24, 2.45) is 5.41 Å². The second-order valence-electron chi connectivity index (χ2n) is 5.64. The molecule has 0 saturated carbocycles. The molecule has 0 aliphatic carbocycles. The van der Waals surface area contributed by atoms with Crippen LogP contribution in [0.4, 0.5) is 11.4 Å². The topological polar surface area (TPSA) is 63.4 Å². The van der Waals surface area contributed by atoms with Crippen molar-refractivity contribution < 1.29 is 9.59 Å². The average Bonchev–Trinajstić information content (AvgIpc) is 2.68. The minimum absolute atomic E-state index is 0.0794. The molecule has 0 bridgehead atoms. The SMILES string of the molecule is CCC1(CC)CC(=O)N(c2c(C)ccc(N)c2C)C1=O. The summed E-state index contributed by atoms with van der Waals surface area (Å²) in [6, 6.07) is 3.67. The molecule has 0 radical (unpaired) electrons. The Bertz CT molecular complexity index is 574. The Hall–Kier alpha value is -1.84. The quantitative estimate of drug-likeness (QED) is 0.681. The predicted octanol–water partition coefficient (Wildman–Crippen LogP) is 2.96. The van der Waals surface area contributed by atoms with Gasteiger partial charge in [-0.2, -0.15) is 0 Å². The Balaban J connectivity index is 2.57. The number of hydrogen-bond donors (Lipinski definition) is 1. The molecule has 4 nitrogen and oxygen atoms in total. The number of nitrogen functional groups attached to an aromatic ring is 1. The van der Waals surface area contributed by atoms with Gasteiger partial charge in [0.2, 0.25) is 11.8 Å². The molecule has 2 N–H and O–H groups in total. The van der Waals surface area contributed by atoms with Gasteiger partial charge in [-0.15, -0.1) is 0 Å². The third kappa shape index (κ3) is 1.90. The largest absolute Gasteiger partial charge is 0.398 e. The zero-order chi connectivity index (χ0) is 15.1. The predicted molar refractivity (Wildman–Crippen MR) is 80.5 cm³/mol. The molecule has 0 spiro atoms. The van der Waals surface area contributed by atoms with E-state index in [-0.39, 0.29) is 11.8 Å². The van der Waals surface area contributed by atoms with E-state index in [9.17, 15) is 9.59 Å². The minimum Gasteiger partial charge on any atom is -0.398 e. The Morgan fingerprint density at radius 1 is 1.20 bits per heavy atom. The number of benzene rings is 1. The number of aryl methyl sites for hydroxylation is 1. The van der Waals surface area contributed by atoms with Crippen LogP contribution in [0.3, 0.4) is 0 Å². The first-order valence-corrected chi connectivity index (χ1v) is 7.11. The maximum atomic E-state index is 12.8. The van der Waals surface area contributed by atoms with Gasteiger partial charge in [0.1, 0.15) is 0 Å². The van der Waals surface area contributed by atoms with Gasteiger partial charge < -0.3 is 5.73 Å². The summed E-state index contributed by atoms with van der Waals surface area (Å²) in [4.78, 5) is 26.5. The summed E-state index contributed by atoms with van der Waals surface area (Å²) in [5.41, 5.74) is 8.37. The Morgan fingerprint density at radius 3 is 2.30 bits per heavy atom. The summed E-state index contributed by atoms with van der Waals surface area (Å²) < 4.78 is 0. The highest BCUT2D eigenvalue weighted by Crippen LogP contribution is 2.43. The van der Waals surface area contributed by atoms with Crippen molar-refractivity contribution in [1.82, 2.24) is 0 Å². The number of rotatable bonds is 3. The van der Waals surface area contributed by atoms with E-state index in [4.69, 9.17) is 5.73 Å². The highest BCUT2D eigenvalue weighted by Gasteiger charge is 2.50. The summed E-state index contributed by atoms with van der Waals surface area (Å²) in [5.74, 6) is -0.195. The molecule has 1 heterocycles. The van der Waals surface area contributed by atoms with Crippen LogP contribution in [0.2, 0.25) is 0 Å². The fourth-order valence-electron chi connectivity index (χ4n) is 3.02. The standard InChI is InChI=1S/C16H22N2O2/c1-5-16(6-2)9-13(19)18(15(16)20)14-10(3)7-8-12(17)11(14)4/h7-8H,5-6,9,17H2,1-4H3. The van der Waals surface area contributed by atoms with Gasteiger partial charge in [-0.05, 0) is 43.9 Å². The maximum absolute atomic E-state index is 12.8. The maximum Gasteiger partial charge on any atom is 0.240 e. The lowest BCUT2D eigenvalue weighted by Crippen LogP contribution is -2.36. The van der Waals surface area contributed by atoms with Crippen LogP contribution in [-0.2, 0) is 9.59 Å². The molecule has 1 aliphatic rings. The molecule has 1 aromatic rings. The summed E-state index contributed by atoms with van der Waals surface area (Å²) >= 11 is 0. The molecule has 4 heteroatoms. The number of nitrogens with zero attached hydrogens (tertiary/aromatic N) is 1. The van der Waals surface area contributed by atoms with E-state index < -0.39 is 5.41 Å². The summed E-state index contributed by atoms with van der Waals surface area (Å²) in [7, 11) is 0. The number of imide groups is 1. The van der Waals surface area contributed by atoms with E-state index in [1.54, 1.807) is 0 Å². The summed E-state index contributed by atoms with van der Waals surface area (Å²) in [5, 5.41) is 0. The highest BCUT2D eigenvalue weighted by atomic mass is 16.2. The van der Waals surface area contributed by atoms with Crippen molar-refractivity contribution >= 4 is 23.2 Å². The van der Waals surface area contributed by atoms with E-state index in [1.807, 2.05) is 39.8 Å². The van der Waals surface area contributed by atoms with Gasteiger partial charge in [0, 0.05) is 12.1 Å². The van der Waals surface area contributed by atoms with Crippen molar-refractivity contribution in [1.29, 1.82) is 0 Å². The smallest absolute Gasteiger partial charge is 0.240 e. The third-order valence-corrected chi connectivity index (χ3v) is 4.65. The van der Waals surface area contributed by atoms with E-state index in [0.29, 0.717) is 30.6 Å². The first-order chi connectivity index (χ1) is 9.38. The second kappa shape index (κ2) is 4.93. The van der Waals surface area contributed by atoms with E-state index >= 15 is 0 Å². The van der Waals surface area contributed by atoms with Crippen LogP contribution in [0.1, 0.15) is 44.2 Å². The van der Waals surface area contributed by atoms with Crippen LogP contribution < -0.4 is 10.6 Å². The lowest BCUT2D eigenvalue weighted by Gasteiger charge is -2.25. The van der Waals surface area contributed by atoms with Crippen LogP contribution in [0.15, 0.2) is 12.1 Å². The van der Waals surface area contributed by atoms with Crippen molar-refractivity contribution in [3.05, 3.63) is 23.3 Å². The third-order valence-electron chi connectivity index (χ3n) is 4.65. The van der Waals surface area contributed by atoms with Crippen LogP contribution in [-0.4, -0.2) is 11.8 Å². The van der Waals surface area contributed by atoms with Crippen molar-refractivity contribution in [3.8, 4) is 0 Å². The molecule has 1 aromatic carbocycles. The number of hydrogen-bond acceptors (Lipinski definition) is 3. The van der Waals surface area contributed by atoms with Gasteiger partial charge in [0.15, 0.2) is 0 Å². The lowest BCUT2D eigenvalue weighted by molar-refractivity contribution is -0.126. The van der Waals surface area contributed by atoms with E-state index in [0.717, 1.165) is 11.1 Å². The number of anilines is 2. The number of carbonyl (C=O) groups is 2. The second-order valence-corrected chi connectivity index (χ2v) is 5.64. The van der Waals surface area contributed by atoms with Gasteiger partial charge in [-0.1, -0.05) is 19.9 Å². The average molecular weight is 274 g/mol. The highest BCUT2D eigenvalue weighted by molar-refractivity contribution is 6.23. The Morgan fingerprint density at radius 2 is 1.80 bits per heavy atom. The van der Waals surface area contributed by atoms with E-state index in [2.05, 4.69) is 0 Å². The molecular formula is C16H22N2O2. The van der Waals surface area contributed by atoms with Crippen molar-refractivity contribution in [3.63, 3.8) is 0 Å². The zero-order valence-corrected chi connectivity index (χ0v) is 12.6. The molecule has 108 valence electrons. The lowest BCUT2D eigenvalue weighted by atomic mass is 9.81. The molecule has 20 heavy (non-hydrogen) atoms. The van der Waals surface area contributed by atoms with E-state index in [1.165, 1.54) is 4.90 Å². The molecule has 1 fully saturated rings. The van der Waals surface area contributed by atoms with Crippen LogP contribution >= 0.6 is 0 Å². The van der Waals surface area contributed by atoms with Gasteiger partial charge in [-0.3, -0.25) is 9.59 Å². The molecule has 0 aromatic heterocycles. The minimum atomic E-state index is -0.541. The monoisotopic (exact) mass is 274 g/mol. The van der Waals surface area contributed by atoms with Gasteiger partial charge in [0.25, 0.3) is 0 Å². The molecule has 1 aliphatic heterocycles. The normalized spacial score (nSPS) is 17.9. The molecule has 2 amide bonds. The van der Waals surface area contributed by atoms with Crippen molar-refractivity contribution in [2.45, 2.75) is 47.0 Å². The summed E-state index contributed by atoms with van der Waals surface area (Å²) in [6.07, 6.45) is 1.67. The van der Waals surface area contributed by atoms with Gasteiger partial charge in [0.05, 0.1) is 11.1 Å². The molecule has 0 atom stereocenters. The first kappa shape index (κ1) is 14.6. The van der Waals surface area contributed by atoms with Crippen molar-refractivity contribution in [2.75, 3.05) is 10.6 Å². The molecule has 2 rings (SSSR count). The van der Waals surface area contributed by atoms with Gasteiger partial charge in [-0.25, -0.2) is 4.90 Å². The van der Waals surface area contributed by atoms with Crippen LogP contribution in [0.25, 0.3) is 0 Å². The number of amides is 2. The Kier molecular flexibility index (Phi) is 3.59. The van der Waals surface area contributed by atoms with Crippen LogP contribution in [0.5, 0.6) is 0 Å². The van der Waals surface area contributed by atoms with Crippen LogP contribution in [0, 0.1) is 19.3 Å². The molecular weight excluding hydrogens is 252 g/mol. The van der Waals surface area contributed by atoms with Gasteiger partial charge >= 0.3 is 0 Å².